The second-order valence-corrected chi connectivity index (χ2v) is 14.6. The third-order valence-corrected chi connectivity index (χ3v) is 11.1. The second-order valence-electron chi connectivity index (χ2n) is 14.6. The minimum absolute atomic E-state index is 0.130. The van der Waals surface area contributed by atoms with Crippen LogP contribution in [-0.2, 0) is 5.41 Å². The van der Waals surface area contributed by atoms with E-state index >= 15 is 0 Å². The zero-order chi connectivity index (χ0) is 35.5. The Morgan fingerprint density at radius 2 is 0.887 bits per heavy atom. The molecule has 0 radical (unpaired) electrons. The van der Waals surface area contributed by atoms with Crippen molar-refractivity contribution in [1.82, 2.24) is 9.97 Å². The highest BCUT2D eigenvalue weighted by atomic mass is 14.9. The Balaban J connectivity index is 1.19. The van der Waals surface area contributed by atoms with Gasteiger partial charge in [-0.25, -0.2) is 9.97 Å². The van der Waals surface area contributed by atoms with Gasteiger partial charge < -0.3 is 0 Å². The number of hydrogen-bond donors (Lipinski definition) is 0. The van der Waals surface area contributed by atoms with E-state index in [0.717, 1.165) is 44.8 Å². The van der Waals surface area contributed by atoms with E-state index in [4.69, 9.17) is 9.97 Å². The van der Waals surface area contributed by atoms with Gasteiger partial charge in [0.2, 0.25) is 0 Å². The molecule has 1 aliphatic rings. The van der Waals surface area contributed by atoms with Crippen LogP contribution >= 0.6 is 0 Å². The number of nitrogens with zero attached hydrogens (tertiary/aromatic N) is 2. The Labute approximate surface area is 310 Å². The number of hydrogen-bond acceptors (Lipinski definition) is 2. The molecule has 2 nitrogen and oxygen atoms in total. The molecule has 53 heavy (non-hydrogen) atoms. The number of aromatic nitrogens is 2. The van der Waals surface area contributed by atoms with Crippen LogP contribution < -0.4 is 0 Å². The fourth-order valence-electron chi connectivity index (χ4n) is 8.39. The van der Waals surface area contributed by atoms with Crippen molar-refractivity contribution in [3.8, 4) is 67.3 Å². The number of benzene rings is 8. The molecule has 250 valence electrons. The molecule has 0 unspecified atom stereocenters. The van der Waals surface area contributed by atoms with Gasteiger partial charge in [0, 0.05) is 22.1 Å². The summed E-state index contributed by atoms with van der Waals surface area (Å²) in [5.74, 6) is 0.706. The first kappa shape index (κ1) is 31.1. The normalized spacial score (nSPS) is 12.9. The maximum Gasteiger partial charge on any atom is 0.160 e. The first-order chi connectivity index (χ1) is 26.0. The van der Waals surface area contributed by atoms with Crippen molar-refractivity contribution in [2.75, 3.05) is 0 Å². The molecule has 0 N–H and O–H groups in total. The molecular formula is C51H36N2. The minimum Gasteiger partial charge on any atom is -0.228 e. The first-order valence-corrected chi connectivity index (χ1v) is 18.3. The summed E-state index contributed by atoms with van der Waals surface area (Å²) in [6.45, 7) is 4.72. The molecule has 1 heterocycles. The summed E-state index contributed by atoms with van der Waals surface area (Å²) in [7, 11) is 0. The van der Waals surface area contributed by atoms with Gasteiger partial charge in [-0.15, -0.1) is 0 Å². The predicted octanol–water partition coefficient (Wildman–Crippen LogP) is 13.4. The molecule has 0 atom stereocenters. The van der Waals surface area contributed by atoms with Gasteiger partial charge in [0.1, 0.15) is 0 Å². The molecule has 0 aliphatic heterocycles. The van der Waals surface area contributed by atoms with E-state index in [-0.39, 0.29) is 5.41 Å². The van der Waals surface area contributed by atoms with Crippen LogP contribution in [0.2, 0.25) is 0 Å². The summed E-state index contributed by atoms with van der Waals surface area (Å²) in [6, 6.07) is 65.4. The van der Waals surface area contributed by atoms with Gasteiger partial charge in [0.25, 0.3) is 0 Å². The first-order valence-electron chi connectivity index (χ1n) is 18.3. The number of fused-ring (bicyclic) bond motifs is 5. The largest absolute Gasteiger partial charge is 0.228 e. The Morgan fingerprint density at radius 1 is 0.340 bits per heavy atom. The van der Waals surface area contributed by atoms with Crippen LogP contribution in [0.5, 0.6) is 0 Å². The Hall–Kier alpha value is -6.64. The van der Waals surface area contributed by atoms with Gasteiger partial charge in [0.15, 0.2) is 5.82 Å². The Bertz CT molecular complexity index is 2870. The molecule has 0 saturated carbocycles. The molecule has 1 aliphatic carbocycles. The van der Waals surface area contributed by atoms with Gasteiger partial charge in [-0.2, -0.15) is 0 Å². The van der Waals surface area contributed by atoms with Crippen molar-refractivity contribution in [3.63, 3.8) is 0 Å². The summed E-state index contributed by atoms with van der Waals surface area (Å²) >= 11 is 0. The topological polar surface area (TPSA) is 25.8 Å². The van der Waals surface area contributed by atoms with Crippen LogP contribution in [-0.4, -0.2) is 9.97 Å². The molecule has 8 aromatic carbocycles. The highest BCUT2D eigenvalue weighted by molar-refractivity contribution is 6.01. The summed E-state index contributed by atoms with van der Waals surface area (Å²) in [6.07, 6.45) is 0. The lowest BCUT2D eigenvalue weighted by Gasteiger charge is -2.22. The van der Waals surface area contributed by atoms with Gasteiger partial charge in [0.05, 0.1) is 11.4 Å². The van der Waals surface area contributed by atoms with Crippen molar-refractivity contribution in [2.24, 2.45) is 0 Å². The summed E-state index contributed by atoms with van der Waals surface area (Å²) in [5.41, 5.74) is 14.8. The third kappa shape index (κ3) is 5.18. The molecule has 9 aromatic rings. The van der Waals surface area contributed by atoms with Crippen molar-refractivity contribution in [3.05, 3.63) is 193 Å². The van der Waals surface area contributed by atoms with Crippen LogP contribution in [0.3, 0.4) is 0 Å². The lowest BCUT2D eigenvalue weighted by molar-refractivity contribution is 0.661. The zero-order valence-corrected chi connectivity index (χ0v) is 29.7. The maximum absolute atomic E-state index is 5.33. The molecule has 2 heteroatoms. The molecule has 0 bridgehead atoms. The highest BCUT2D eigenvalue weighted by Gasteiger charge is 2.37. The van der Waals surface area contributed by atoms with Gasteiger partial charge in [-0.05, 0) is 90.3 Å². The molecule has 1 aromatic heterocycles. The van der Waals surface area contributed by atoms with E-state index in [1.54, 1.807) is 0 Å². The highest BCUT2D eigenvalue weighted by Crippen LogP contribution is 2.54. The van der Waals surface area contributed by atoms with E-state index < -0.39 is 0 Å². The fourth-order valence-corrected chi connectivity index (χ4v) is 8.39. The fraction of sp³-hybridized carbons (Fsp3) is 0.0588. The van der Waals surface area contributed by atoms with Crippen molar-refractivity contribution < 1.29 is 0 Å². The van der Waals surface area contributed by atoms with Gasteiger partial charge in [-0.3, -0.25) is 0 Å². The Morgan fingerprint density at radius 3 is 1.60 bits per heavy atom. The predicted molar refractivity (Wildman–Crippen MR) is 222 cm³/mol. The van der Waals surface area contributed by atoms with Crippen molar-refractivity contribution in [2.45, 2.75) is 19.3 Å². The summed E-state index contributed by atoms with van der Waals surface area (Å²) in [4.78, 5) is 10.6. The third-order valence-electron chi connectivity index (χ3n) is 11.1. The zero-order valence-electron chi connectivity index (χ0n) is 29.7. The molecular weight excluding hydrogens is 641 g/mol. The van der Waals surface area contributed by atoms with Crippen molar-refractivity contribution >= 4 is 21.5 Å². The second kappa shape index (κ2) is 12.3. The van der Waals surface area contributed by atoms with E-state index in [1.165, 1.54) is 49.4 Å². The van der Waals surface area contributed by atoms with Gasteiger partial charge in [-0.1, -0.05) is 172 Å². The van der Waals surface area contributed by atoms with Gasteiger partial charge >= 0.3 is 0 Å². The summed E-state index contributed by atoms with van der Waals surface area (Å²) in [5, 5.41) is 4.99. The molecule has 10 rings (SSSR count). The van der Waals surface area contributed by atoms with E-state index in [2.05, 4.69) is 190 Å². The molecule has 0 saturated heterocycles. The summed E-state index contributed by atoms with van der Waals surface area (Å²) < 4.78 is 0. The molecule has 0 amide bonds. The van der Waals surface area contributed by atoms with Crippen LogP contribution in [0.4, 0.5) is 0 Å². The standard InChI is InChI=1S/C51H36N2/c1-51(2)45-26-14-25-43(49(45)44-30-36-19-8-9-20-37(36)31-46(44)51)40-22-11-13-24-42(40)48-32-47(52-50(53-48)34-16-4-3-5-17-34)41-23-12-10-21-39(41)38-28-27-33-15-6-7-18-35(33)29-38/h3-32H,1-2H3. The maximum atomic E-state index is 5.33. The molecule has 0 fully saturated rings. The van der Waals surface area contributed by atoms with Crippen molar-refractivity contribution in [1.29, 1.82) is 0 Å². The van der Waals surface area contributed by atoms with Crippen LogP contribution in [0.15, 0.2) is 182 Å². The quantitative estimate of drug-likeness (QED) is 0.181. The van der Waals surface area contributed by atoms with E-state index in [9.17, 15) is 0 Å². The lowest BCUT2D eigenvalue weighted by Crippen LogP contribution is -2.14. The smallest absolute Gasteiger partial charge is 0.160 e. The monoisotopic (exact) mass is 676 g/mol. The lowest BCUT2D eigenvalue weighted by atomic mass is 9.81. The Kier molecular flexibility index (Phi) is 7.19. The van der Waals surface area contributed by atoms with Crippen LogP contribution in [0, 0.1) is 0 Å². The number of rotatable bonds is 5. The SMILES string of the molecule is CC1(C)c2cc3ccccc3cc2-c2c(-c3ccccc3-c3cc(-c4ccccc4-c4ccc5ccccc5c4)nc(-c4ccccc4)n3)cccc21. The average molecular weight is 677 g/mol. The van der Waals surface area contributed by atoms with Crippen LogP contribution in [0.1, 0.15) is 25.0 Å². The average Bonchev–Trinajstić information content (AvgIpc) is 3.45. The van der Waals surface area contributed by atoms with Crippen LogP contribution in [0.25, 0.3) is 88.8 Å². The van der Waals surface area contributed by atoms with E-state index in [1.807, 2.05) is 6.07 Å². The minimum atomic E-state index is -0.130. The van der Waals surface area contributed by atoms with E-state index in [0.29, 0.717) is 5.82 Å². The molecule has 0 spiro atoms.